The summed E-state index contributed by atoms with van der Waals surface area (Å²) in [6.07, 6.45) is 0.696. The van der Waals surface area contributed by atoms with E-state index in [0.29, 0.717) is 5.69 Å². The quantitative estimate of drug-likeness (QED) is 0.665. The van der Waals surface area contributed by atoms with Crippen molar-refractivity contribution in [1.29, 1.82) is 0 Å². The van der Waals surface area contributed by atoms with Gasteiger partial charge in [-0.1, -0.05) is 0 Å². The van der Waals surface area contributed by atoms with Crippen molar-refractivity contribution in [2.24, 2.45) is 0 Å². The highest BCUT2D eigenvalue weighted by molar-refractivity contribution is 5.99. The second-order valence-corrected chi connectivity index (χ2v) is 2.62. The average Bonchev–Trinajstić information content (AvgIpc) is 2.46. The summed E-state index contributed by atoms with van der Waals surface area (Å²) in [7, 11) is 1.20. The number of hydrogen-bond donors (Lipinski definition) is 3. The third-order valence-corrected chi connectivity index (χ3v) is 1.71. The number of H-pyrrole nitrogens is 1. The molecule has 1 heterocycles. The number of aromatic carboxylic acids is 1. The van der Waals surface area contributed by atoms with Crippen LogP contribution in [0.3, 0.4) is 0 Å². The fourth-order valence-corrected chi connectivity index (χ4v) is 1.06. The van der Waals surface area contributed by atoms with Crippen molar-refractivity contribution in [2.75, 3.05) is 12.4 Å². The van der Waals surface area contributed by atoms with Gasteiger partial charge in [0.25, 0.3) is 0 Å². The number of amides is 1. The number of hydrogen-bond acceptors (Lipinski definition) is 3. The molecule has 0 aliphatic rings. The molecule has 6 nitrogen and oxygen atoms in total. The van der Waals surface area contributed by atoms with Gasteiger partial charge in [0.05, 0.1) is 12.8 Å². The number of rotatable bonds is 2. The van der Waals surface area contributed by atoms with Gasteiger partial charge < -0.3 is 14.8 Å². The summed E-state index contributed by atoms with van der Waals surface area (Å²) in [6, 6.07) is 0. The third-order valence-electron chi connectivity index (χ3n) is 1.71. The van der Waals surface area contributed by atoms with Crippen molar-refractivity contribution in [2.45, 2.75) is 6.92 Å². The van der Waals surface area contributed by atoms with Crippen LogP contribution in [-0.2, 0) is 4.74 Å². The van der Waals surface area contributed by atoms with Crippen LogP contribution >= 0.6 is 0 Å². The second kappa shape index (κ2) is 3.82. The van der Waals surface area contributed by atoms with E-state index in [9.17, 15) is 9.59 Å². The Bertz CT molecular complexity index is 369. The molecule has 3 N–H and O–H groups in total. The van der Waals surface area contributed by atoms with Crippen LogP contribution in [0.15, 0.2) is 6.20 Å². The maximum absolute atomic E-state index is 10.8. The van der Waals surface area contributed by atoms with Crippen LogP contribution < -0.4 is 5.32 Å². The Balaban J connectivity index is 2.98. The molecule has 0 bridgehead atoms. The van der Waals surface area contributed by atoms with Gasteiger partial charge in [-0.25, -0.2) is 9.59 Å². The van der Waals surface area contributed by atoms with Gasteiger partial charge in [0.2, 0.25) is 0 Å². The number of carbonyl (C=O) groups excluding carboxylic acids is 1. The van der Waals surface area contributed by atoms with Crippen molar-refractivity contribution < 1.29 is 19.4 Å². The number of aryl methyl sites for hydroxylation is 1. The summed E-state index contributed by atoms with van der Waals surface area (Å²) in [5, 5.41) is 11.1. The minimum atomic E-state index is -1.10. The number of carbonyl (C=O) groups is 2. The Morgan fingerprint density at radius 1 is 1.57 bits per heavy atom. The largest absolute Gasteiger partial charge is 0.478 e. The van der Waals surface area contributed by atoms with E-state index >= 15 is 0 Å². The molecule has 0 atom stereocenters. The molecule has 0 unspecified atom stereocenters. The number of anilines is 1. The molecule has 0 aliphatic heterocycles. The van der Waals surface area contributed by atoms with Crippen LogP contribution in [0.1, 0.15) is 16.1 Å². The minimum Gasteiger partial charge on any atom is -0.478 e. The van der Waals surface area contributed by atoms with Gasteiger partial charge in [-0.05, 0) is 6.92 Å². The normalized spacial score (nSPS) is 9.57. The number of carboxylic acid groups (broad SMARTS) is 1. The van der Waals surface area contributed by atoms with E-state index in [1.54, 1.807) is 6.92 Å². The van der Waals surface area contributed by atoms with Crippen LogP contribution in [0.4, 0.5) is 10.5 Å². The van der Waals surface area contributed by atoms with Gasteiger partial charge in [-0.2, -0.15) is 0 Å². The molecule has 76 valence electrons. The highest BCUT2D eigenvalue weighted by atomic mass is 16.5. The minimum absolute atomic E-state index is 0.0374. The van der Waals surface area contributed by atoms with E-state index in [4.69, 9.17) is 5.11 Å². The fourth-order valence-electron chi connectivity index (χ4n) is 1.06. The molecule has 14 heavy (non-hydrogen) atoms. The molecule has 0 aromatic carbocycles. The first-order chi connectivity index (χ1) is 6.56. The van der Waals surface area contributed by atoms with E-state index in [2.05, 4.69) is 15.0 Å². The fraction of sp³-hybridized carbons (Fsp3) is 0.250. The Morgan fingerprint density at radius 3 is 2.71 bits per heavy atom. The summed E-state index contributed by atoms with van der Waals surface area (Å²) >= 11 is 0. The van der Waals surface area contributed by atoms with Crippen LogP contribution in [0, 0.1) is 6.92 Å². The van der Waals surface area contributed by atoms with E-state index in [1.165, 1.54) is 13.3 Å². The molecule has 6 heteroatoms. The maximum atomic E-state index is 10.8. The van der Waals surface area contributed by atoms with Crippen molar-refractivity contribution in [3.63, 3.8) is 0 Å². The zero-order valence-corrected chi connectivity index (χ0v) is 7.75. The van der Waals surface area contributed by atoms with Crippen LogP contribution in [0.5, 0.6) is 0 Å². The van der Waals surface area contributed by atoms with Gasteiger partial charge in [-0.15, -0.1) is 0 Å². The molecular weight excluding hydrogens is 188 g/mol. The smallest absolute Gasteiger partial charge is 0.411 e. The summed E-state index contributed by atoms with van der Waals surface area (Å²) < 4.78 is 4.34. The van der Waals surface area contributed by atoms with Crippen molar-refractivity contribution in [3.8, 4) is 0 Å². The molecule has 0 fully saturated rings. The number of aromatic nitrogens is 1. The molecule has 1 aromatic rings. The first-order valence-electron chi connectivity index (χ1n) is 3.82. The van der Waals surface area contributed by atoms with E-state index in [1.807, 2.05) is 0 Å². The van der Waals surface area contributed by atoms with Crippen molar-refractivity contribution in [1.82, 2.24) is 4.98 Å². The van der Waals surface area contributed by atoms with Crippen molar-refractivity contribution >= 4 is 17.7 Å². The van der Waals surface area contributed by atoms with E-state index < -0.39 is 12.1 Å². The predicted molar refractivity (Wildman–Crippen MR) is 48.5 cm³/mol. The standard InChI is InChI=1S/C8H10N2O4/c1-4-6(7(11)12)5(3-9-4)10-8(13)14-2/h3,9H,1-2H3,(H,10,13)(H,11,12). The first-order valence-corrected chi connectivity index (χ1v) is 3.82. The number of carboxylic acids is 1. The Kier molecular flexibility index (Phi) is 2.76. The van der Waals surface area contributed by atoms with E-state index in [-0.39, 0.29) is 11.3 Å². The predicted octanol–water partition coefficient (Wildman–Crippen LogP) is 1.20. The SMILES string of the molecule is COC(=O)Nc1c[nH]c(C)c1C(=O)O. The van der Waals surface area contributed by atoms with E-state index in [0.717, 1.165) is 0 Å². The lowest BCUT2D eigenvalue weighted by atomic mass is 10.2. The van der Waals surface area contributed by atoms with Gasteiger partial charge in [0.15, 0.2) is 0 Å². The molecule has 1 aromatic heterocycles. The topological polar surface area (TPSA) is 91.4 Å². The third kappa shape index (κ3) is 1.85. The first kappa shape index (κ1) is 10.1. The molecule has 0 spiro atoms. The Morgan fingerprint density at radius 2 is 2.21 bits per heavy atom. The zero-order valence-electron chi connectivity index (χ0n) is 7.75. The molecule has 1 amide bonds. The lowest BCUT2D eigenvalue weighted by molar-refractivity contribution is 0.0697. The molecule has 0 radical (unpaired) electrons. The highest BCUT2D eigenvalue weighted by Gasteiger charge is 2.16. The summed E-state index contributed by atoms with van der Waals surface area (Å²) in [5.41, 5.74) is 0.709. The summed E-state index contributed by atoms with van der Waals surface area (Å²) in [5.74, 6) is -1.10. The number of methoxy groups -OCH3 is 1. The Hall–Kier alpha value is -1.98. The summed E-state index contributed by atoms with van der Waals surface area (Å²) in [4.78, 5) is 24.3. The second-order valence-electron chi connectivity index (χ2n) is 2.62. The molecule has 1 rings (SSSR count). The van der Waals surface area contributed by atoms with Gasteiger partial charge >= 0.3 is 12.1 Å². The number of ether oxygens (including phenoxy) is 1. The van der Waals surface area contributed by atoms with Crippen LogP contribution in [0.2, 0.25) is 0 Å². The molecule has 0 saturated heterocycles. The lowest BCUT2D eigenvalue weighted by Gasteiger charge is -2.02. The molecule has 0 aliphatic carbocycles. The number of nitrogens with one attached hydrogen (secondary N) is 2. The Labute approximate surface area is 79.9 Å². The molecule has 0 saturated carbocycles. The van der Waals surface area contributed by atoms with Gasteiger partial charge in [0.1, 0.15) is 5.56 Å². The van der Waals surface area contributed by atoms with Crippen molar-refractivity contribution in [3.05, 3.63) is 17.5 Å². The highest BCUT2D eigenvalue weighted by Crippen LogP contribution is 2.18. The monoisotopic (exact) mass is 198 g/mol. The summed E-state index contributed by atoms with van der Waals surface area (Å²) in [6.45, 7) is 1.60. The average molecular weight is 198 g/mol. The van der Waals surface area contributed by atoms with Crippen LogP contribution in [0.25, 0.3) is 0 Å². The number of aromatic amines is 1. The molecular formula is C8H10N2O4. The van der Waals surface area contributed by atoms with Crippen LogP contribution in [-0.4, -0.2) is 29.3 Å². The van der Waals surface area contributed by atoms with Gasteiger partial charge in [0, 0.05) is 11.9 Å². The lowest BCUT2D eigenvalue weighted by Crippen LogP contribution is -2.13. The van der Waals surface area contributed by atoms with Gasteiger partial charge in [-0.3, -0.25) is 5.32 Å². The maximum Gasteiger partial charge on any atom is 0.411 e. The zero-order chi connectivity index (χ0) is 10.7.